The standard InChI is InChI=1S/C15H13Cl2N3S/c16-13-7-6-12(8-14(13)17)10-19-20-15(21)18-9-11-4-2-1-3-5-11/h1-8,10H,9H2,(H2,18,20,21)/b19-10-. The van der Waals surface area contributed by atoms with Crippen molar-refractivity contribution in [2.24, 2.45) is 5.10 Å². The fourth-order valence-electron chi connectivity index (χ4n) is 1.58. The monoisotopic (exact) mass is 337 g/mol. The van der Waals surface area contributed by atoms with E-state index in [1.54, 1.807) is 18.3 Å². The molecule has 0 aliphatic rings. The minimum atomic E-state index is 0.454. The van der Waals surface area contributed by atoms with E-state index in [4.69, 9.17) is 35.4 Å². The second-order valence-electron chi connectivity index (χ2n) is 4.21. The summed E-state index contributed by atoms with van der Waals surface area (Å²) >= 11 is 16.9. The average Bonchev–Trinajstić information content (AvgIpc) is 2.50. The summed E-state index contributed by atoms with van der Waals surface area (Å²) in [5, 5.41) is 8.57. The minimum absolute atomic E-state index is 0.454. The Hall–Kier alpha value is -1.62. The van der Waals surface area contributed by atoms with Crippen LogP contribution in [0.3, 0.4) is 0 Å². The number of thiocarbonyl (C=S) groups is 1. The molecule has 0 aromatic heterocycles. The lowest BCUT2D eigenvalue weighted by Gasteiger charge is -2.06. The first-order valence-electron chi connectivity index (χ1n) is 6.21. The Bertz CT molecular complexity index is 645. The molecular weight excluding hydrogens is 325 g/mol. The highest BCUT2D eigenvalue weighted by Gasteiger charge is 1.97. The van der Waals surface area contributed by atoms with Gasteiger partial charge in [-0.05, 0) is 35.5 Å². The highest BCUT2D eigenvalue weighted by molar-refractivity contribution is 7.80. The van der Waals surface area contributed by atoms with Crippen LogP contribution in [0.5, 0.6) is 0 Å². The van der Waals surface area contributed by atoms with E-state index in [0.29, 0.717) is 21.7 Å². The van der Waals surface area contributed by atoms with Gasteiger partial charge in [0.15, 0.2) is 5.11 Å². The largest absolute Gasteiger partial charge is 0.357 e. The highest BCUT2D eigenvalue weighted by atomic mass is 35.5. The molecule has 0 bridgehead atoms. The van der Waals surface area contributed by atoms with Crippen LogP contribution in [0.2, 0.25) is 10.0 Å². The van der Waals surface area contributed by atoms with E-state index in [9.17, 15) is 0 Å². The Balaban J connectivity index is 1.80. The molecule has 0 saturated heterocycles. The first-order chi connectivity index (χ1) is 10.1. The lowest BCUT2D eigenvalue weighted by molar-refractivity contribution is 0.869. The number of halogens is 2. The van der Waals surface area contributed by atoms with Crippen molar-refractivity contribution in [3.05, 3.63) is 69.7 Å². The fourth-order valence-corrected chi connectivity index (χ4v) is 2.01. The zero-order chi connectivity index (χ0) is 15.1. The Kier molecular flexibility index (Phi) is 5.99. The Morgan fingerprint density at radius 3 is 2.57 bits per heavy atom. The molecule has 0 aliphatic carbocycles. The molecule has 0 saturated carbocycles. The molecule has 0 fully saturated rings. The number of benzene rings is 2. The highest BCUT2D eigenvalue weighted by Crippen LogP contribution is 2.21. The van der Waals surface area contributed by atoms with Gasteiger partial charge in [0.25, 0.3) is 0 Å². The summed E-state index contributed by atoms with van der Waals surface area (Å²) in [7, 11) is 0. The third-order valence-corrected chi connectivity index (χ3v) is 3.59. The van der Waals surface area contributed by atoms with Gasteiger partial charge in [0.05, 0.1) is 16.3 Å². The van der Waals surface area contributed by atoms with Gasteiger partial charge >= 0.3 is 0 Å². The molecule has 0 aliphatic heterocycles. The van der Waals surface area contributed by atoms with Gasteiger partial charge in [0.2, 0.25) is 0 Å². The van der Waals surface area contributed by atoms with Gasteiger partial charge in [-0.3, -0.25) is 5.43 Å². The van der Waals surface area contributed by atoms with Crippen LogP contribution in [0, 0.1) is 0 Å². The van der Waals surface area contributed by atoms with E-state index in [2.05, 4.69) is 15.8 Å². The van der Waals surface area contributed by atoms with E-state index in [-0.39, 0.29) is 0 Å². The molecule has 2 rings (SSSR count). The van der Waals surface area contributed by atoms with Crippen LogP contribution in [0.15, 0.2) is 53.6 Å². The summed E-state index contributed by atoms with van der Waals surface area (Å²) in [4.78, 5) is 0. The summed E-state index contributed by atoms with van der Waals surface area (Å²) in [6, 6.07) is 15.3. The van der Waals surface area contributed by atoms with Crippen LogP contribution in [0.25, 0.3) is 0 Å². The number of hydrazone groups is 1. The van der Waals surface area contributed by atoms with Crippen LogP contribution >= 0.6 is 35.4 Å². The van der Waals surface area contributed by atoms with Crippen molar-refractivity contribution in [1.29, 1.82) is 0 Å². The molecule has 0 atom stereocenters. The maximum Gasteiger partial charge on any atom is 0.187 e. The van der Waals surface area contributed by atoms with Gasteiger partial charge in [-0.25, -0.2) is 0 Å². The number of nitrogens with one attached hydrogen (secondary N) is 2. The lowest BCUT2D eigenvalue weighted by atomic mass is 10.2. The number of rotatable bonds is 4. The Morgan fingerprint density at radius 2 is 1.86 bits per heavy atom. The summed E-state index contributed by atoms with van der Waals surface area (Å²) in [6.07, 6.45) is 1.62. The molecule has 2 aromatic carbocycles. The molecule has 6 heteroatoms. The predicted molar refractivity (Wildman–Crippen MR) is 93.1 cm³/mol. The summed E-state index contributed by atoms with van der Waals surface area (Å²) < 4.78 is 0. The zero-order valence-electron chi connectivity index (χ0n) is 11.0. The van der Waals surface area contributed by atoms with Crippen molar-refractivity contribution in [2.75, 3.05) is 0 Å². The summed E-state index contributed by atoms with van der Waals surface area (Å²) in [6.45, 7) is 0.648. The smallest absolute Gasteiger partial charge is 0.187 e. The normalized spacial score (nSPS) is 10.6. The third kappa shape index (κ3) is 5.34. The molecule has 0 amide bonds. The number of hydrogen-bond acceptors (Lipinski definition) is 2. The first kappa shape index (κ1) is 15.8. The molecule has 0 spiro atoms. The number of hydrogen-bond donors (Lipinski definition) is 2. The van der Waals surface area contributed by atoms with Crippen LogP contribution in [-0.4, -0.2) is 11.3 Å². The topological polar surface area (TPSA) is 36.4 Å². The Morgan fingerprint density at radius 1 is 1.10 bits per heavy atom. The van der Waals surface area contributed by atoms with Crippen molar-refractivity contribution in [2.45, 2.75) is 6.54 Å². The number of nitrogens with zero attached hydrogens (tertiary/aromatic N) is 1. The third-order valence-electron chi connectivity index (χ3n) is 2.62. The SMILES string of the molecule is S=C(NCc1ccccc1)N/N=C\c1ccc(Cl)c(Cl)c1. The van der Waals surface area contributed by atoms with E-state index < -0.39 is 0 Å². The molecule has 2 aromatic rings. The minimum Gasteiger partial charge on any atom is -0.357 e. The van der Waals surface area contributed by atoms with Gasteiger partial charge in [-0.1, -0.05) is 59.6 Å². The van der Waals surface area contributed by atoms with Gasteiger partial charge in [0, 0.05) is 6.54 Å². The van der Waals surface area contributed by atoms with Gasteiger partial charge < -0.3 is 5.32 Å². The van der Waals surface area contributed by atoms with Gasteiger partial charge in [-0.15, -0.1) is 0 Å². The summed E-state index contributed by atoms with van der Waals surface area (Å²) in [5.74, 6) is 0. The first-order valence-corrected chi connectivity index (χ1v) is 7.37. The molecular formula is C15H13Cl2N3S. The second kappa shape index (κ2) is 7.98. The molecule has 108 valence electrons. The Labute approximate surface area is 139 Å². The van der Waals surface area contributed by atoms with Crippen LogP contribution < -0.4 is 10.7 Å². The van der Waals surface area contributed by atoms with Gasteiger partial charge in [0.1, 0.15) is 0 Å². The van der Waals surface area contributed by atoms with E-state index in [0.717, 1.165) is 11.1 Å². The molecule has 3 nitrogen and oxygen atoms in total. The van der Waals surface area contributed by atoms with E-state index in [1.165, 1.54) is 0 Å². The summed E-state index contributed by atoms with van der Waals surface area (Å²) in [5.41, 5.74) is 4.73. The van der Waals surface area contributed by atoms with Crippen molar-refractivity contribution >= 4 is 46.7 Å². The van der Waals surface area contributed by atoms with Crippen molar-refractivity contribution in [3.63, 3.8) is 0 Å². The molecule has 21 heavy (non-hydrogen) atoms. The van der Waals surface area contributed by atoms with Crippen LogP contribution in [-0.2, 0) is 6.54 Å². The zero-order valence-corrected chi connectivity index (χ0v) is 13.3. The quantitative estimate of drug-likeness (QED) is 0.503. The predicted octanol–water partition coefficient (Wildman–Crippen LogP) is 3.99. The maximum absolute atomic E-state index is 5.92. The van der Waals surface area contributed by atoms with Crippen LogP contribution in [0.1, 0.15) is 11.1 Å². The fraction of sp³-hybridized carbons (Fsp3) is 0.0667. The van der Waals surface area contributed by atoms with Crippen molar-refractivity contribution in [3.8, 4) is 0 Å². The van der Waals surface area contributed by atoms with Crippen molar-refractivity contribution in [1.82, 2.24) is 10.7 Å². The molecule has 0 radical (unpaired) electrons. The van der Waals surface area contributed by atoms with E-state index >= 15 is 0 Å². The molecule has 0 heterocycles. The van der Waals surface area contributed by atoms with Crippen LogP contribution in [0.4, 0.5) is 0 Å². The molecule has 2 N–H and O–H groups in total. The average molecular weight is 338 g/mol. The molecule has 0 unspecified atom stereocenters. The van der Waals surface area contributed by atoms with E-state index in [1.807, 2.05) is 36.4 Å². The van der Waals surface area contributed by atoms with Gasteiger partial charge in [-0.2, -0.15) is 5.10 Å². The second-order valence-corrected chi connectivity index (χ2v) is 5.43. The maximum atomic E-state index is 5.92. The van der Waals surface area contributed by atoms with Crippen molar-refractivity contribution < 1.29 is 0 Å². The lowest BCUT2D eigenvalue weighted by Crippen LogP contribution is -2.31.